The zero-order valence-electron chi connectivity index (χ0n) is 11.8. The Kier molecular flexibility index (Phi) is 7.47. The van der Waals surface area contributed by atoms with Crippen LogP contribution in [0.1, 0.15) is 35.8 Å². The standard InChI is InChI=1S/C13H21F3N2OS/c1-3-6-17-8-11-10(4-2)18-12(20-11)5-7-19-9-13(14,15)16/h17H,3-9H2,1-2H3. The Bertz CT molecular complexity index is 393. The second kappa shape index (κ2) is 8.59. The molecule has 0 atom stereocenters. The van der Waals surface area contributed by atoms with Crippen LogP contribution in [-0.2, 0) is 24.1 Å². The molecule has 7 heteroatoms. The molecule has 1 aromatic rings. The molecule has 0 saturated carbocycles. The van der Waals surface area contributed by atoms with Gasteiger partial charge >= 0.3 is 6.18 Å². The van der Waals surface area contributed by atoms with E-state index < -0.39 is 12.8 Å². The lowest BCUT2D eigenvalue weighted by Crippen LogP contribution is -2.17. The van der Waals surface area contributed by atoms with Gasteiger partial charge in [-0.3, -0.25) is 0 Å². The molecule has 1 aromatic heterocycles. The molecule has 1 heterocycles. The molecule has 116 valence electrons. The number of rotatable bonds is 9. The fraction of sp³-hybridized carbons (Fsp3) is 0.769. The third kappa shape index (κ3) is 6.67. The number of nitrogens with one attached hydrogen (secondary N) is 1. The largest absolute Gasteiger partial charge is 0.411 e. The van der Waals surface area contributed by atoms with Gasteiger partial charge in [-0.05, 0) is 19.4 Å². The average Bonchev–Trinajstić information content (AvgIpc) is 2.76. The maximum Gasteiger partial charge on any atom is 0.411 e. The topological polar surface area (TPSA) is 34.1 Å². The molecule has 0 amide bonds. The van der Waals surface area contributed by atoms with Crippen LogP contribution in [0, 0.1) is 0 Å². The molecule has 3 nitrogen and oxygen atoms in total. The van der Waals surface area contributed by atoms with Crippen molar-refractivity contribution < 1.29 is 17.9 Å². The minimum Gasteiger partial charge on any atom is -0.372 e. The number of hydrogen-bond donors (Lipinski definition) is 1. The number of hydrogen-bond acceptors (Lipinski definition) is 4. The Labute approximate surface area is 121 Å². The Balaban J connectivity index is 2.42. The van der Waals surface area contributed by atoms with Crippen LogP contribution in [0.15, 0.2) is 0 Å². The van der Waals surface area contributed by atoms with E-state index in [9.17, 15) is 13.2 Å². The number of alkyl halides is 3. The highest BCUT2D eigenvalue weighted by atomic mass is 32.1. The second-order valence-electron chi connectivity index (χ2n) is 4.43. The molecule has 0 bridgehead atoms. The Morgan fingerprint density at radius 2 is 2.05 bits per heavy atom. The van der Waals surface area contributed by atoms with Crippen LogP contribution in [0.4, 0.5) is 13.2 Å². The maximum atomic E-state index is 11.9. The van der Waals surface area contributed by atoms with E-state index in [2.05, 4.69) is 22.0 Å². The van der Waals surface area contributed by atoms with E-state index in [-0.39, 0.29) is 6.61 Å². The first-order chi connectivity index (χ1) is 9.46. The van der Waals surface area contributed by atoms with E-state index in [1.54, 1.807) is 11.3 Å². The van der Waals surface area contributed by atoms with Gasteiger partial charge in [-0.15, -0.1) is 11.3 Å². The van der Waals surface area contributed by atoms with Crippen molar-refractivity contribution >= 4 is 11.3 Å². The SMILES string of the molecule is CCCNCc1sc(CCOCC(F)(F)F)nc1CC. The molecule has 0 fully saturated rings. The predicted molar refractivity (Wildman–Crippen MR) is 74.1 cm³/mol. The van der Waals surface area contributed by atoms with E-state index in [1.807, 2.05) is 6.92 Å². The molecule has 0 aliphatic carbocycles. The van der Waals surface area contributed by atoms with E-state index in [4.69, 9.17) is 0 Å². The van der Waals surface area contributed by atoms with Gasteiger partial charge in [-0.25, -0.2) is 4.98 Å². The monoisotopic (exact) mass is 310 g/mol. The van der Waals surface area contributed by atoms with Gasteiger partial charge in [0.25, 0.3) is 0 Å². The third-order valence-corrected chi connectivity index (χ3v) is 3.75. The summed E-state index contributed by atoms with van der Waals surface area (Å²) >= 11 is 1.56. The highest BCUT2D eigenvalue weighted by molar-refractivity contribution is 7.11. The zero-order valence-corrected chi connectivity index (χ0v) is 12.7. The lowest BCUT2D eigenvalue weighted by Gasteiger charge is -2.06. The summed E-state index contributed by atoms with van der Waals surface area (Å²) in [5.74, 6) is 0. The first kappa shape index (κ1) is 17.4. The Morgan fingerprint density at radius 3 is 2.65 bits per heavy atom. The van der Waals surface area contributed by atoms with Crippen LogP contribution in [-0.4, -0.2) is 30.9 Å². The summed E-state index contributed by atoms with van der Waals surface area (Å²) in [5, 5.41) is 4.16. The first-order valence-electron chi connectivity index (χ1n) is 6.79. The van der Waals surface area contributed by atoms with Crippen molar-refractivity contribution in [2.45, 2.75) is 45.8 Å². The van der Waals surface area contributed by atoms with E-state index in [1.165, 1.54) is 4.88 Å². The molecule has 1 N–H and O–H groups in total. The van der Waals surface area contributed by atoms with Crippen LogP contribution in [0.5, 0.6) is 0 Å². The minimum absolute atomic E-state index is 0.0536. The van der Waals surface area contributed by atoms with E-state index in [0.717, 1.165) is 36.6 Å². The fourth-order valence-electron chi connectivity index (χ4n) is 1.68. The third-order valence-electron chi connectivity index (χ3n) is 2.60. The van der Waals surface area contributed by atoms with Crippen molar-refractivity contribution in [3.63, 3.8) is 0 Å². The summed E-state index contributed by atoms with van der Waals surface area (Å²) in [6.45, 7) is 4.72. The maximum absolute atomic E-state index is 11.9. The van der Waals surface area contributed by atoms with Crippen LogP contribution in [0.3, 0.4) is 0 Å². The van der Waals surface area contributed by atoms with E-state index in [0.29, 0.717) is 6.42 Å². The van der Waals surface area contributed by atoms with Crippen molar-refractivity contribution in [3.05, 3.63) is 15.6 Å². The molecule has 0 aromatic carbocycles. The predicted octanol–water partition coefficient (Wildman–Crippen LogP) is 3.33. The molecule has 20 heavy (non-hydrogen) atoms. The van der Waals surface area contributed by atoms with Crippen molar-refractivity contribution in [2.24, 2.45) is 0 Å². The molecule has 0 aliphatic heterocycles. The van der Waals surface area contributed by atoms with Crippen molar-refractivity contribution in [3.8, 4) is 0 Å². The number of thiazole rings is 1. The van der Waals surface area contributed by atoms with E-state index >= 15 is 0 Å². The molecular formula is C13H21F3N2OS. The molecule has 0 radical (unpaired) electrons. The minimum atomic E-state index is -4.26. The summed E-state index contributed by atoms with van der Waals surface area (Å²) in [6.07, 6.45) is -1.92. The molecular weight excluding hydrogens is 289 g/mol. The van der Waals surface area contributed by atoms with Crippen LogP contribution < -0.4 is 5.32 Å². The summed E-state index contributed by atoms with van der Waals surface area (Å²) in [4.78, 5) is 5.63. The molecule has 0 saturated heterocycles. The van der Waals surface area contributed by atoms with Gasteiger partial charge in [0.05, 0.1) is 17.3 Å². The zero-order chi connectivity index (χ0) is 15.0. The number of aromatic nitrogens is 1. The van der Waals surface area contributed by atoms with Crippen molar-refractivity contribution in [2.75, 3.05) is 19.8 Å². The number of halogens is 3. The average molecular weight is 310 g/mol. The summed E-state index contributed by atoms with van der Waals surface area (Å²) in [6, 6.07) is 0. The second-order valence-corrected chi connectivity index (χ2v) is 5.59. The van der Waals surface area contributed by atoms with Gasteiger partial charge in [0.1, 0.15) is 6.61 Å². The molecule has 0 spiro atoms. The quantitative estimate of drug-likeness (QED) is 0.711. The summed E-state index contributed by atoms with van der Waals surface area (Å²) < 4.78 is 40.4. The smallest absolute Gasteiger partial charge is 0.372 e. The van der Waals surface area contributed by atoms with Gasteiger partial charge in [0.15, 0.2) is 0 Å². The Morgan fingerprint density at radius 1 is 1.30 bits per heavy atom. The van der Waals surface area contributed by atoms with Gasteiger partial charge in [-0.1, -0.05) is 13.8 Å². The number of aryl methyl sites for hydroxylation is 1. The number of nitrogens with zero attached hydrogens (tertiary/aromatic N) is 1. The van der Waals surface area contributed by atoms with Crippen LogP contribution in [0.2, 0.25) is 0 Å². The first-order valence-corrected chi connectivity index (χ1v) is 7.60. The van der Waals surface area contributed by atoms with Gasteiger partial charge in [-0.2, -0.15) is 13.2 Å². The highest BCUT2D eigenvalue weighted by Crippen LogP contribution is 2.20. The van der Waals surface area contributed by atoms with Gasteiger partial charge < -0.3 is 10.1 Å². The number of ether oxygens (including phenoxy) is 1. The lowest BCUT2D eigenvalue weighted by atomic mass is 10.3. The van der Waals surface area contributed by atoms with Crippen molar-refractivity contribution in [1.82, 2.24) is 10.3 Å². The van der Waals surface area contributed by atoms with Gasteiger partial charge in [0.2, 0.25) is 0 Å². The summed E-state index contributed by atoms with van der Waals surface area (Å²) in [7, 11) is 0. The highest BCUT2D eigenvalue weighted by Gasteiger charge is 2.27. The molecule has 0 aliphatic rings. The van der Waals surface area contributed by atoms with Crippen molar-refractivity contribution in [1.29, 1.82) is 0 Å². The molecule has 1 rings (SSSR count). The van der Waals surface area contributed by atoms with Gasteiger partial charge in [0, 0.05) is 17.8 Å². The summed E-state index contributed by atoms with van der Waals surface area (Å²) in [5.41, 5.74) is 1.03. The van der Waals surface area contributed by atoms with Crippen LogP contribution >= 0.6 is 11.3 Å². The molecule has 0 unspecified atom stereocenters. The normalized spacial score (nSPS) is 12.1. The fourth-order valence-corrected chi connectivity index (χ4v) is 2.79. The Hall–Kier alpha value is -0.660. The lowest BCUT2D eigenvalue weighted by molar-refractivity contribution is -0.173. The van der Waals surface area contributed by atoms with Crippen LogP contribution in [0.25, 0.3) is 0 Å².